The van der Waals surface area contributed by atoms with Crippen molar-refractivity contribution in [3.8, 4) is 0 Å². The van der Waals surface area contributed by atoms with Crippen LogP contribution in [0.5, 0.6) is 0 Å². The highest BCUT2D eigenvalue weighted by Crippen LogP contribution is 2.17. The van der Waals surface area contributed by atoms with E-state index in [9.17, 15) is 5.11 Å². The number of methoxy groups -OCH3 is 2. The minimum Gasteiger partial charge on any atom is -0.388 e. The predicted molar refractivity (Wildman–Crippen MR) is 43.1 cm³/mol. The van der Waals surface area contributed by atoms with E-state index in [1.807, 2.05) is 0 Å². The highest BCUT2D eigenvalue weighted by atomic mass is 16.6. The van der Waals surface area contributed by atoms with Crippen LogP contribution in [0.15, 0.2) is 0 Å². The largest absolute Gasteiger partial charge is 0.388 e. The number of ether oxygens (including phenoxy) is 3. The van der Waals surface area contributed by atoms with Crippen molar-refractivity contribution in [2.24, 2.45) is 0 Å². The molecule has 1 unspecified atom stereocenters. The summed E-state index contributed by atoms with van der Waals surface area (Å²) < 4.78 is 15.1. The molecule has 0 aromatic carbocycles. The Labute approximate surface area is 73.2 Å². The van der Waals surface area contributed by atoms with Gasteiger partial charge in [0.15, 0.2) is 0 Å². The molecule has 0 aliphatic carbocycles. The molecule has 0 aromatic heterocycles. The molecule has 0 saturated carbocycles. The lowest BCUT2D eigenvalue weighted by atomic mass is 9.87. The van der Waals surface area contributed by atoms with Crippen molar-refractivity contribution in [3.63, 3.8) is 0 Å². The van der Waals surface area contributed by atoms with E-state index in [-0.39, 0.29) is 6.10 Å². The number of hydrogen-bond acceptors (Lipinski definition) is 4. The Kier molecular flexibility index (Phi) is 3.52. The van der Waals surface area contributed by atoms with Crippen molar-refractivity contribution in [2.45, 2.75) is 24.3 Å². The Hall–Kier alpha value is -0.0951. The Morgan fingerprint density at radius 1 is 1.42 bits per heavy atom. The van der Waals surface area contributed by atoms with E-state index >= 15 is 0 Å². The number of aliphatic hydroxyl groups excluding tert-OH is 1. The summed E-state index contributed by atoms with van der Waals surface area (Å²) in [5.41, 5.74) is 0. The van der Waals surface area contributed by atoms with Crippen molar-refractivity contribution in [1.82, 2.24) is 0 Å². The second-order valence-electron chi connectivity index (χ2n) is 2.76. The predicted octanol–water partition coefficient (Wildman–Crippen LogP) is -1.10. The third-order valence-electron chi connectivity index (χ3n) is 2.07. The van der Waals surface area contributed by atoms with Crippen LogP contribution in [0.4, 0.5) is 0 Å². The van der Waals surface area contributed by atoms with Gasteiger partial charge in [-0.3, -0.25) is 0 Å². The maximum Gasteiger partial charge on any atom is 0.113 e. The van der Waals surface area contributed by atoms with Crippen molar-refractivity contribution in [3.05, 3.63) is 0 Å². The Morgan fingerprint density at radius 3 is 2.58 bits per heavy atom. The van der Waals surface area contributed by atoms with Gasteiger partial charge in [-0.05, 0) is 0 Å². The molecule has 4 atom stereocenters. The van der Waals surface area contributed by atoms with Gasteiger partial charge in [-0.15, -0.1) is 0 Å². The molecular weight excluding hydrogens is 159 g/mol. The van der Waals surface area contributed by atoms with Crippen molar-refractivity contribution in [2.75, 3.05) is 20.8 Å². The topological polar surface area (TPSA) is 47.9 Å². The first-order valence-corrected chi connectivity index (χ1v) is 3.81. The lowest BCUT2D eigenvalue weighted by Gasteiger charge is -2.37. The zero-order valence-corrected chi connectivity index (χ0v) is 7.27. The van der Waals surface area contributed by atoms with Gasteiger partial charge in [-0.1, -0.05) is 0 Å². The molecule has 1 fully saturated rings. The highest BCUT2D eigenvalue weighted by Gasteiger charge is 2.37. The second-order valence-corrected chi connectivity index (χ2v) is 2.76. The van der Waals surface area contributed by atoms with Gasteiger partial charge in [0.2, 0.25) is 0 Å². The van der Waals surface area contributed by atoms with E-state index in [4.69, 9.17) is 22.1 Å². The SMILES string of the molecule is [B]C1OC[C@@H](OC)[C@H](OC)[C@@H]1O. The van der Waals surface area contributed by atoms with Crippen molar-refractivity contribution < 1.29 is 19.3 Å². The van der Waals surface area contributed by atoms with Gasteiger partial charge < -0.3 is 19.3 Å². The maximum absolute atomic E-state index is 9.48. The minimum atomic E-state index is -0.825. The molecule has 1 aliphatic heterocycles. The van der Waals surface area contributed by atoms with Crippen LogP contribution < -0.4 is 0 Å². The van der Waals surface area contributed by atoms with Crippen LogP contribution >= 0.6 is 0 Å². The third kappa shape index (κ3) is 1.80. The summed E-state index contributed by atoms with van der Waals surface area (Å²) in [4.78, 5) is 0. The summed E-state index contributed by atoms with van der Waals surface area (Å²) >= 11 is 0. The van der Waals surface area contributed by atoms with Gasteiger partial charge in [0, 0.05) is 20.2 Å². The zero-order valence-electron chi connectivity index (χ0n) is 7.27. The Bertz CT molecular complexity index is 141. The fourth-order valence-electron chi connectivity index (χ4n) is 1.30. The summed E-state index contributed by atoms with van der Waals surface area (Å²) in [7, 11) is 8.51. The fourth-order valence-corrected chi connectivity index (χ4v) is 1.30. The van der Waals surface area contributed by atoms with Crippen molar-refractivity contribution >= 4 is 7.85 Å². The molecule has 0 amide bonds. The summed E-state index contributed by atoms with van der Waals surface area (Å²) in [6, 6.07) is -0.679. The van der Waals surface area contributed by atoms with E-state index in [1.165, 1.54) is 7.11 Å². The molecule has 12 heavy (non-hydrogen) atoms. The number of rotatable bonds is 2. The molecule has 4 nitrogen and oxygen atoms in total. The quantitative estimate of drug-likeness (QED) is 0.537. The van der Waals surface area contributed by atoms with Gasteiger partial charge in [0.05, 0.1) is 6.61 Å². The summed E-state index contributed by atoms with van der Waals surface area (Å²) in [6.45, 7) is 0.354. The molecule has 0 bridgehead atoms. The molecule has 5 heteroatoms. The number of hydrogen-bond donors (Lipinski definition) is 1. The van der Waals surface area contributed by atoms with Crippen LogP contribution in [0.2, 0.25) is 0 Å². The average Bonchev–Trinajstić information content (AvgIpc) is 2.09. The first-order valence-electron chi connectivity index (χ1n) is 3.81. The van der Waals surface area contributed by atoms with E-state index in [0.29, 0.717) is 6.61 Å². The molecule has 1 N–H and O–H groups in total. The van der Waals surface area contributed by atoms with E-state index < -0.39 is 18.2 Å². The van der Waals surface area contributed by atoms with Gasteiger partial charge in [0.1, 0.15) is 26.2 Å². The smallest absolute Gasteiger partial charge is 0.113 e. The van der Waals surface area contributed by atoms with Crippen LogP contribution in [-0.4, -0.2) is 58.1 Å². The normalized spacial score (nSPS) is 42.9. The van der Waals surface area contributed by atoms with E-state index in [2.05, 4.69) is 0 Å². The molecule has 1 aliphatic rings. The van der Waals surface area contributed by atoms with Crippen LogP contribution in [-0.2, 0) is 14.2 Å². The lowest BCUT2D eigenvalue weighted by Crippen LogP contribution is -2.54. The van der Waals surface area contributed by atoms with E-state index in [0.717, 1.165) is 0 Å². The van der Waals surface area contributed by atoms with Gasteiger partial charge in [-0.2, -0.15) is 0 Å². The Morgan fingerprint density at radius 2 is 2.08 bits per heavy atom. The zero-order chi connectivity index (χ0) is 9.14. The molecule has 68 valence electrons. The van der Waals surface area contributed by atoms with Crippen molar-refractivity contribution in [1.29, 1.82) is 0 Å². The van der Waals surface area contributed by atoms with E-state index in [1.54, 1.807) is 7.11 Å². The molecule has 1 saturated heterocycles. The van der Waals surface area contributed by atoms with Gasteiger partial charge >= 0.3 is 0 Å². The first-order chi connectivity index (χ1) is 5.70. The molecule has 2 radical (unpaired) electrons. The summed E-state index contributed by atoms with van der Waals surface area (Å²) in [5, 5.41) is 9.48. The molecule has 1 rings (SSSR count). The second kappa shape index (κ2) is 4.23. The van der Waals surface area contributed by atoms with Crippen LogP contribution in [0.25, 0.3) is 0 Å². The number of aliphatic hydroxyl groups is 1. The van der Waals surface area contributed by atoms with Gasteiger partial charge in [0.25, 0.3) is 0 Å². The molecular formula is C7H13BO4. The Balaban J connectivity index is 2.58. The molecule has 0 aromatic rings. The van der Waals surface area contributed by atoms with Crippen LogP contribution in [0.1, 0.15) is 0 Å². The highest BCUT2D eigenvalue weighted by molar-refractivity contribution is 6.11. The monoisotopic (exact) mass is 172 g/mol. The lowest BCUT2D eigenvalue weighted by molar-refractivity contribution is -0.183. The molecule has 1 heterocycles. The first kappa shape index (κ1) is 9.99. The average molecular weight is 172 g/mol. The third-order valence-corrected chi connectivity index (χ3v) is 2.07. The molecule has 0 spiro atoms. The van der Waals surface area contributed by atoms with Gasteiger partial charge in [-0.25, -0.2) is 0 Å². The van der Waals surface area contributed by atoms with Crippen LogP contribution in [0.3, 0.4) is 0 Å². The summed E-state index contributed by atoms with van der Waals surface area (Å²) in [6.07, 6.45) is -1.47. The maximum atomic E-state index is 9.48. The van der Waals surface area contributed by atoms with Crippen LogP contribution in [0, 0.1) is 0 Å². The fraction of sp³-hybridized carbons (Fsp3) is 1.00. The standard InChI is InChI=1S/C7H13BO4/c1-10-4-3-12-7(8)5(9)6(4)11-2/h4-7,9H,3H2,1-2H3/t4-,5+,6+,7?/m1/s1. The minimum absolute atomic E-state index is 0.246. The summed E-state index contributed by atoms with van der Waals surface area (Å²) in [5.74, 6) is 0.